The van der Waals surface area contributed by atoms with E-state index in [1.54, 1.807) is 12.1 Å². The lowest BCUT2D eigenvalue weighted by Crippen LogP contribution is -2.28. The van der Waals surface area contributed by atoms with Crippen molar-refractivity contribution >= 4 is 45.0 Å². The van der Waals surface area contributed by atoms with Crippen molar-refractivity contribution in [2.45, 2.75) is 22.6 Å². The van der Waals surface area contributed by atoms with Crippen LogP contribution in [-0.2, 0) is 19.6 Å². The molecule has 0 atom stereocenters. The van der Waals surface area contributed by atoms with Crippen LogP contribution in [-0.4, -0.2) is 26.5 Å². The molecule has 1 N–H and O–H groups in total. The molecule has 0 saturated carbocycles. The molecule has 6 nitrogen and oxygen atoms in total. The Hall–Kier alpha value is -2.32. The van der Waals surface area contributed by atoms with Crippen LogP contribution >= 0.6 is 11.8 Å². The van der Waals surface area contributed by atoms with Gasteiger partial charge in [-0.05, 0) is 42.7 Å². The molecule has 1 fully saturated rings. The minimum Gasteiger partial charge on any atom is -0.278 e. The number of sulfonamides is 1. The van der Waals surface area contributed by atoms with Gasteiger partial charge in [-0.2, -0.15) is 0 Å². The fourth-order valence-electron chi connectivity index (χ4n) is 2.57. The number of carbonyl (C=O) groups is 2. The lowest BCUT2D eigenvalue weighted by atomic mass is 10.3. The summed E-state index contributed by atoms with van der Waals surface area (Å²) in [6.45, 7) is 0. The lowest BCUT2D eigenvalue weighted by molar-refractivity contribution is -0.121. The van der Waals surface area contributed by atoms with Crippen molar-refractivity contribution in [1.82, 2.24) is 0 Å². The van der Waals surface area contributed by atoms with E-state index in [1.807, 2.05) is 18.4 Å². The molecule has 0 unspecified atom stereocenters. The summed E-state index contributed by atoms with van der Waals surface area (Å²) in [5, 5.41) is 0. The predicted octanol–water partition coefficient (Wildman–Crippen LogP) is 2.86. The van der Waals surface area contributed by atoms with E-state index in [1.165, 1.54) is 36.0 Å². The quantitative estimate of drug-likeness (QED) is 0.641. The van der Waals surface area contributed by atoms with Gasteiger partial charge in [0, 0.05) is 17.7 Å². The minimum atomic E-state index is -3.76. The molecule has 1 saturated heterocycles. The molecule has 2 amide bonds. The number of nitrogens with one attached hydrogen (secondary N) is 1. The normalized spacial score (nSPS) is 14.8. The Kier molecular flexibility index (Phi) is 4.82. The Morgan fingerprint density at radius 3 is 2.16 bits per heavy atom. The van der Waals surface area contributed by atoms with E-state index in [0.29, 0.717) is 11.4 Å². The summed E-state index contributed by atoms with van der Waals surface area (Å²) >= 11 is 1.44. The molecule has 0 aliphatic carbocycles. The van der Waals surface area contributed by atoms with E-state index >= 15 is 0 Å². The maximum atomic E-state index is 12.6. The highest BCUT2D eigenvalue weighted by atomic mass is 32.2. The Balaban J connectivity index is 1.86. The van der Waals surface area contributed by atoms with Crippen molar-refractivity contribution in [3.63, 3.8) is 0 Å². The van der Waals surface area contributed by atoms with Crippen molar-refractivity contribution in [3.8, 4) is 0 Å². The zero-order valence-electron chi connectivity index (χ0n) is 13.4. The van der Waals surface area contributed by atoms with Gasteiger partial charge >= 0.3 is 0 Å². The predicted molar refractivity (Wildman–Crippen MR) is 97.2 cm³/mol. The number of anilines is 2. The van der Waals surface area contributed by atoms with Crippen LogP contribution < -0.4 is 9.62 Å². The third-order valence-electron chi connectivity index (χ3n) is 3.81. The second-order valence-electron chi connectivity index (χ2n) is 5.42. The number of benzene rings is 2. The van der Waals surface area contributed by atoms with E-state index in [9.17, 15) is 18.0 Å². The van der Waals surface area contributed by atoms with Gasteiger partial charge in [0.25, 0.3) is 10.0 Å². The molecular weight excluding hydrogens is 360 g/mol. The Morgan fingerprint density at radius 2 is 1.56 bits per heavy atom. The van der Waals surface area contributed by atoms with Crippen molar-refractivity contribution in [2.75, 3.05) is 15.9 Å². The highest BCUT2D eigenvalue weighted by Crippen LogP contribution is 2.28. The molecule has 1 heterocycles. The number of imide groups is 1. The maximum Gasteiger partial charge on any atom is 0.261 e. The first kappa shape index (κ1) is 17.5. The van der Waals surface area contributed by atoms with Gasteiger partial charge in [-0.25, -0.2) is 8.42 Å². The average molecular weight is 376 g/mol. The van der Waals surface area contributed by atoms with E-state index in [2.05, 4.69) is 4.72 Å². The van der Waals surface area contributed by atoms with Crippen LogP contribution in [0.15, 0.2) is 58.3 Å². The fraction of sp³-hybridized carbons (Fsp3) is 0.176. The van der Waals surface area contributed by atoms with Crippen LogP contribution in [0.2, 0.25) is 0 Å². The molecule has 1 aliphatic heterocycles. The Labute approximate surface area is 150 Å². The molecular formula is C17H16N2O4S2. The van der Waals surface area contributed by atoms with Crippen LogP contribution in [0.25, 0.3) is 0 Å². The molecule has 25 heavy (non-hydrogen) atoms. The molecule has 2 aromatic rings. The number of para-hydroxylation sites is 1. The number of thioether (sulfide) groups is 1. The Morgan fingerprint density at radius 1 is 0.960 bits per heavy atom. The first-order chi connectivity index (χ1) is 11.9. The van der Waals surface area contributed by atoms with Crippen molar-refractivity contribution in [3.05, 3.63) is 48.5 Å². The van der Waals surface area contributed by atoms with Gasteiger partial charge in [-0.1, -0.05) is 12.1 Å². The summed E-state index contributed by atoms with van der Waals surface area (Å²) in [6, 6.07) is 12.8. The van der Waals surface area contributed by atoms with E-state index < -0.39 is 10.0 Å². The Bertz CT molecular complexity index is 908. The standard InChI is InChI=1S/C17H16N2O4S2/c1-24-15-5-3-2-4-14(15)18-25(22,23)13-8-6-12(7-9-13)19-16(20)10-11-17(19)21/h2-9,18H,10-11H2,1H3. The number of carbonyl (C=O) groups excluding carboxylic acids is 2. The number of amides is 2. The number of hydrogen-bond acceptors (Lipinski definition) is 5. The highest BCUT2D eigenvalue weighted by molar-refractivity contribution is 7.99. The number of nitrogens with zero attached hydrogens (tertiary/aromatic N) is 1. The summed E-state index contributed by atoms with van der Waals surface area (Å²) in [5.74, 6) is -0.541. The zero-order valence-corrected chi connectivity index (χ0v) is 15.1. The second kappa shape index (κ2) is 6.89. The van der Waals surface area contributed by atoms with Gasteiger partial charge in [-0.15, -0.1) is 11.8 Å². The summed E-state index contributed by atoms with van der Waals surface area (Å²) in [5.41, 5.74) is 0.889. The third kappa shape index (κ3) is 3.54. The van der Waals surface area contributed by atoms with Crippen LogP contribution in [0.4, 0.5) is 11.4 Å². The third-order valence-corrected chi connectivity index (χ3v) is 5.99. The molecule has 130 valence electrons. The SMILES string of the molecule is CSc1ccccc1NS(=O)(=O)c1ccc(N2C(=O)CCC2=O)cc1. The molecule has 0 bridgehead atoms. The molecule has 0 spiro atoms. The van der Waals surface area contributed by atoms with Crippen LogP contribution in [0, 0.1) is 0 Å². The largest absolute Gasteiger partial charge is 0.278 e. The monoisotopic (exact) mass is 376 g/mol. The summed E-state index contributed by atoms with van der Waals surface area (Å²) < 4.78 is 27.7. The zero-order chi connectivity index (χ0) is 18.0. The molecule has 1 aliphatic rings. The minimum absolute atomic E-state index is 0.0613. The van der Waals surface area contributed by atoms with Gasteiger partial charge < -0.3 is 0 Å². The fourth-order valence-corrected chi connectivity index (χ4v) is 4.27. The van der Waals surface area contributed by atoms with Gasteiger partial charge in [-0.3, -0.25) is 19.2 Å². The first-order valence-corrected chi connectivity index (χ1v) is 10.2. The molecule has 8 heteroatoms. The first-order valence-electron chi connectivity index (χ1n) is 7.54. The average Bonchev–Trinajstić information content (AvgIpc) is 2.94. The smallest absolute Gasteiger partial charge is 0.261 e. The van der Waals surface area contributed by atoms with Crippen LogP contribution in [0.3, 0.4) is 0 Å². The van der Waals surface area contributed by atoms with E-state index in [4.69, 9.17) is 0 Å². The van der Waals surface area contributed by atoms with Crippen LogP contribution in [0.1, 0.15) is 12.8 Å². The summed E-state index contributed by atoms with van der Waals surface area (Å²) in [7, 11) is -3.76. The van der Waals surface area contributed by atoms with E-state index in [0.717, 1.165) is 9.80 Å². The van der Waals surface area contributed by atoms with Crippen molar-refractivity contribution in [2.24, 2.45) is 0 Å². The highest BCUT2D eigenvalue weighted by Gasteiger charge is 2.30. The molecule has 0 radical (unpaired) electrons. The lowest BCUT2D eigenvalue weighted by Gasteiger charge is -2.15. The van der Waals surface area contributed by atoms with Gasteiger partial charge in [0.2, 0.25) is 11.8 Å². The topological polar surface area (TPSA) is 83.6 Å². The maximum absolute atomic E-state index is 12.6. The molecule has 2 aromatic carbocycles. The van der Waals surface area contributed by atoms with Gasteiger partial charge in [0.05, 0.1) is 16.3 Å². The summed E-state index contributed by atoms with van der Waals surface area (Å²) in [4.78, 5) is 25.5. The number of hydrogen-bond donors (Lipinski definition) is 1. The van der Waals surface area contributed by atoms with Crippen molar-refractivity contribution < 1.29 is 18.0 Å². The number of rotatable bonds is 5. The second-order valence-corrected chi connectivity index (χ2v) is 7.95. The van der Waals surface area contributed by atoms with Crippen molar-refractivity contribution in [1.29, 1.82) is 0 Å². The summed E-state index contributed by atoms with van der Waals surface area (Å²) in [6.07, 6.45) is 2.24. The van der Waals surface area contributed by atoms with Gasteiger partial charge in [0.15, 0.2) is 0 Å². The molecule has 0 aromatic heterocycles. The van der Waals surface area contributed by atoms with Gasteiger partial charge in [0.1, 0.15) is 0 Å². The molecule has 3 rings (SSSR count). The van der Waals surface area contributed by atoms with Crippen LogP contribution in [0.5, 0.6) is 0 Å². The van der Waals surface area contributed by atoms with E-state index in [-0.39, 0.29) is 29.6 Å².